The molecule has 3 heteroatoms. The third-order valence-electron chi connectivity index (χ3n) is 2.56. The minimum Gasteiger partial charge on any atom is -0.287 e. The van der Waals surface area contributed by atoms with Gasteiger partial charge in [-0.05, 0) is 47.7 Å². The van der Waals surface area contributed by atoms with Gasteiger partial charge in [-0.3, -0.25) is 4.79 Å². The van der Waals surface area contributed by atoms with E-state index in [1.54, 1.807) is 18.3 Å². The van der Waals surface area contributed by atoms with Gasteiger partial charge in [0.2, 0.25) is 0 Å². The fourth-order valence-corrected chi connectivity index (χ4v) is 3.07. The first kappa shape index (κ1) is 13.9. The highest BCUT2D eigenvalue weighted by molar-refractivity contribution is 8.13. The highest BCUT2D eigenvalue weighted by Crippen LogP contribution is 2.19. The lowest BCUT2D eigenvalue weighted by Gasteiger charge is -1.96. The zero-order valence-electron chi connectivity index (χ0n) is 10.9. The zero-order chi connectivity index (χ0) is 13.7. The van der Waals surface area contributed by atoms with Crippen molar-refractivity contribution in [1.82, 2.24) is 0 Å². The van der Waals surface area contributed by atoms with Crippen molar-refractivity contribution in [2.75, 3.05) is 0 Å². The molecule has 1 nitrogen and oxygen atoms in total. The summed E-state index contributed by atoms with van der Waals surface area (Å²) in [5.74, 6) is 6.38. The molecule has 0 atom stereocenters. The summed E-state index contributed by atoms with van der Waals surface area (Å²) in [4.78, 5) is 13.1. The molecular formula is C16H14OS2. The van der Waals surface area contributed by atoms with E-state index in [1.807, 2.05) is 24.3 Å². The predicted molar refractivity (Wildman–Crippen MR) is 82.7 cm³/mol. The number of rotatable bonds is 2. The highest BCUT2D eigenvalue weighted by Gasteiger charge is 1.99. The largest absolute Gasteiger partial charge is 0.287 e. The topological polar surface area (TPSA) is 17.1 Å². The summed E-state index contributed by atoms with van der Waals surface area (Å²) in [5, 5.41) is 2.18. The third-order valence-corrected chi connectivity index (χ3v) is 4.23. The van der Waals surface area contributed by atoms with Gasteiger partial charge in [0.25, 0.3) is 0 Å². The smallest absolute Gasteiger partial charge is 0.190 e. The van der Waals surface area contributed by atoms with E-state index < -0.39 is 0 Å². The first-order valence-electron chi connectivity index (χ1n) is 6.06. The fraction of sp³-hybridized carbons (Fsp3) is 0.188. The van der Waals surface area contributed by atoms with Crippen LogP contribution >= 0.6 is 23.1 Å². The van der Waals surface area contributed by atoms with E-state index in [0.29, 0.717) is 0 Å². The Morgan fingerprint density at radius 3 is 2.58 bits per heavy atom. The summed E-state index contributed by atoms with van der Waals surface area (Å²) in [6.07, 6.45) is 1.02. The van der Waals surface area contributed by atoms with Gasteiger partial charge in [0.15, 0.2) is 5.12 Å². The Morgan fingerprint density at radius 2 is 1.95 bits per heavy atom. The molecule has 1 heterocycles. The van der Waals surface area contributed by atoms with Crippen molar-refractivity contribution in [2.45, 2.75) is 25.2 Å². The first-order valence-corrected chi connectivity index (χ1v) is 7.75. The van der Waals surface area contributed by atoms with Crippen molar-refractivity contribution < 1.29 is 4.79 Å². The molecule has 0 N–H and O–H groups in total. The molecular weight excluding hydrogens is 272 g/mol. The van der Waals surface area contributed by atoms with E-state index in [2.05, 4.69) is 30.2 Å². The van der Waals surface area contributed by atoms with Crippen molar-refractivity contribution in [3.8, 4) is 11.8 Å². The maximum Gasteiger partial charge on any atom is 0.190 e. The number of hydrogen-bond donors (Lipinski definition) is 0. The molecule has 2 aromatic rings. The molecule has 1 aromatic heterocycles. The maximum absolute atomic E-state index is 11.0. The highest BCUT2D eigenvalue weighted by atomic mass is 32.2. The molecule has 0 spiro atoms. The lowest BCUT2D eigenvalue weighted by Crippen LogP contribution is -1.82. The van der Waals surface area contributed by atoms with Crippen LogP contribution in [0.4, 0.5) is 0 Å². The van der Waals surface area contributed by atoms with Gasteiger partial charge in [-0.1, -0.05) is 30.5 Å². The predicted octanol–water partition coefficient (Wildman–Crippen LogP) is 4.35. The van der Waals surface area contributed by atoms with Crippen LogP contribution in [0.3, 0.4) is 0 Å². The molecule has 0 aliphatic carbocycles. The average Bonchev–Trinajstić information content (AvgIpc) is 2.84. The Kier molecular flexibility index (Phi) is 4.84. The molecule has 0 saturated carbocycles. The van der Waals surface area contributed by atoms with E-state index in [1.165, 1.54) is 17.3 Å². The third kappa shape index (κ3) is 3.99. The molecule has 0 saturated heterocycles. The Hall–Kier alpha value is -1.50. The Labute approximate surface area is 122 Å². The van der Waals surface area contributed by atoms with E-state index >= 15 is 0 Å². The van der Waals surface area contributed by atoms with Crippen molar-refractivity contribution in [2.24, 2.45) is 0 Å². The van der Waals surface area contributed by atoms with Gasteiger partial charge in [0.05, 0.1) is 4.88 Å². The van der Waals surface area contributed by atoms with Crippen molar-refractivity contribution in [3.05, 3.63) is 51.7 Å². The number of hydrogen-bond acceptors (Lipinski definition) is 3. The normalized spacial score (nSPS) is 9.79. The monoisotopic (exact) mass is 286 g/mol. The number of thioether (sulfide) groups is 1. The lowest BCUT2D eigenvalue weighted by molar-refractivity contribution is -0.109. The fourth-order valence-electron chi connectivity index (χ4n) is 1.62. The van der Waals surface area contributed by atoms with Gasteiger partial charge in [0, 0.05) is 17.4 Å². The quantitative estimate of drug-likeness (QED) is 0.603. The number of benzene rings is 1. The maximum atomic E-state index is 11.0. The molecule has 0 aliphatic heterocycles. The molecule has 1 aromatic carbocycles. The summed E-state index contributed by atoms with van der Waals surface area (Å²) in [6.45, 7) is 3.71. The Balaban J connectivity index is 2.14. The standard InChI is InChI=1S/C16H14OS2/c1-3-14-10-11-18-16(14)9-6-13-4-7-15(8-5-13)19-12(2)17/h4-5,7-8,10-11H,3H2,1-2H3. The minimum atomic E-state index is 0.102. The number of carbonyl (C=O) groups excluding carboxylic acids is 1. The number of aryl methyl sites for hydroxylation is 1. The average molecular weight is 286 g/mol. The lowest BCUT2D eigenvalue weighted by atomic mass is 10.2. The van der Waals surface area contributed by atoms with Crippen molar-refractivity contribution in [3.63, 3.8) is 0 Å². The molecule has 0 aliphatic rings. The van der Waals surface area contributed by atoms with E-state index in [-0.39, 0.29) is 5.12 Å². The van der Waals surface area contributed by atoms with Crippen LogP contribution in [0.2, 0.25) is 0 Å². The number of carbonyl (C=O) groups is 1. The Bertz CT molecular complexity index is 627. The first-order chi connectivity index (χ1) is 9.19. The van der Waals surface area contributed by atoms with Gasteiger partial charge in [-0.2, -0.15) is 0 Å². The number of thiophene rings is 1. The van der Waals surface area contributed by atoms with Gasteiger partial charge in [-0.25, -0.2) is 0 Å². The second-order valence-electron chi connectivity index (χ2n) is 4.00. The van der Waals surface area contributed by atoms with Crippen LogP contribution in [0.5, 0.6) is 0 Å². The van der Waals surface area contributed by atoms with E-state index in [0.717, 1.165) is 21.8 Å². The molecule has 0 bridgehead atoms. The molecule has 19 heavy (non-hydrogen) atoms. The van der Waals surface area contributed by atoms with Crippen molar-refractivity contribution in [1.29, 1.82) is 0 Å². The van der Waals surface area contributed by atoms with Gasteiger partial charge in [0.1, 0.15) is 0 Å². The minimum absolute atomic E-state index is 0.102. The van der Waals surface area contributed by atoms with E-state index in [9.17, 15) is 4.79 Å². The van der Waals surface area contributed by atoms with Crippen LogP contribution in [-0.4, -0.2) is 5.12 Å². The molecule has 2 rings (SSSR count). The van der Waals surface area contributed by atoms with Gasteiger partial charge < -0.3 is 0 Å². The van der Waals surface area contributed by atoms with Crippen LogP contribution in [0.15, 0.2) is 40.6 Å². The second kappa shape index (κ2) is 6.60. The van der Waals surface area contributed by atoms with E-state index in [4.69, 9.17) is 0 Å². The van der Waals surface area contributed by atoms with Gasteiger partial charge >= 0.3 is 0 Å². The summed E-state index contributed by atoms with van der Waals surface area (Å²) in [5.41, 5.74) is 2.28. The van der Waals surface area contributed by atoms with Gasteiger partial charge in [-0.15, -0.1) is 11.3 Å². The summed E-state index contributed by atoms with van der Waals surface area (Å²) < 4.78 is 0. The van der Waals surface area contributed by atoms with Crippen LogP contribution in [-0.2, 0) is 11.2 Å². The van der Waals surface area contributed by atoms with Crippen LogP contribution in [0.1, 0.15) is 29.9 Å². The summed E-state index contributed by atoms with van der Waals surface area (Å²) in [7, 11) is 0. The molecule has 0 amide bonds. The molecule has 0 fully saturated rings. The van der Waals surface area contributed by atoms with Crippen LogP contribution in [0, 0.1) is 11.8 Å². The zero-order valence-corrected chi connectivity index (χ0v) is 12.5. The van der Waals surface area contributed by atoms with Crippen molar-refractivity contribution >= 4 is 28.2 Å². The van der Waals surface area contributed by atoms with Crippen LogP contribution < -0.4 is 0 Å². The molecule has 0 unspecified atom stereocenters. The second-order valence-corrected chi connectivity index (χ2v) is 6.16. The SMILES string of the molecule is CCc1ccsc1C#Cc1ccc(SC(C)=O)cc1. The summed E-state index contributed by atoms with van der Waals surface area (Å²) >= 11 is 2.93. The molecule has 0 radical (unpaired) electrons. The van der Waals surface area contributed by atoms with Crippen LogP contribution in [0.25, 0.3) is 0 Å². The molecule has 96 valence electrons. The Morgan fingerprint density at radius 1 is 1.21 bits per heavy atom. The summed E-state index contributed by atoms with van der Waals surface area (Å²) in [6, 6.07) is 9.91.